The van der Waals surface area contributed by atoms with Gasteiger partial charge >= 0.3 is 17.8 Å². The molecule has 1 aliphatic heterocycles. The summed E-state index contributed by atoms with van der Waals surface area (Å²) in [7, 11) is 1.50. The lowest BCUT2D eigenvalue weighted by molar-refractivity contribution is -0.147. The molecular formula is C17H25N3O8. The van der Waals surface area contributed by atoms with Crippen molar-refractivity contribution in [1.29, 1.82) is 0 Å². The number of aliphatic hydroxyl groups is 1. The van der Waals surface area contributed by atoms with E-state index in [1.54, 1.807) is 13.8 Å². The van der Waals surface area contributed by atoms with Crippen LogP contribution in [0.15, 0.2) is 21.9 Å². The van der Waals surface area contributed by atoms with E-state index in [-0.39, 0.29) is 38.1 Å². The summed E-state index contributed by atoms with van der Waals surface area (Å²) in [6.45, 7) is 3.52. The molecule has 1 aliphatic rings. The van der Waals surface area contributed by atoms with Crippen molar-refractivity contribution in [3.63, 3.8) is 0 Å². The van der Waals surface area contributed by atoms with Crippen LogP contribution in [0.25, 0.3) is 0 Å². The van der Waals surface area contributed by atoms with Crippen LogP contribution in [0.2, 0.25) is 0 Å². The second kappa shape index (κ2) is 9.51. The average Bonchev–Trinajstić information content (AvgIpc) is 2.99. The number of likely N-dealkylation sites (N-methyl/N-ethyl adjacent to an activating group) is 1. The van der Waals surface area contributed by atoms with Gasteiger partial charge in [0.1, 0.15) is 19.3 Å². The first-order valence-corrected chi connectivity index (χ1v) is 8.88. The molecule has 156 valence electrons. The third kappa shape index (κ3) is 5.67. The largest absolute Gasteiger partial charge is 0.464 e. The van der Waals surface area contributed by atoms with Gasteiger partial charge in [0.25, 0.3) is 5.56 Å². The number of ether oxygens (including phenoxy) is 3. The lowest BCUT2D eigenvalue weighted by atomic mass is 10.2. The number of rotatable bonds is 7. The Labute approximate surface area is 160 Å². The molecule has 28 heavy (non-hydrogen) atoms. The van der Waals surface area contributed by atoms with Crippen LogP contribution < -0.4 is 11.2 Å². The number of carbonyl (C=O) groups excluding carboxylic acids is 2. The molecule has 2 N–H and O–H groups in total. The van der Waals surface area contributed by atoms with Gasteiger partial charge in [-0.15, -0.1) is 0 Å². The molecule has 0 spiro atoms. The summed E-state index contributed by atoms with van der Waals surface area (Å²) in [6, 6.07) is 1.14. The number of esters is 1. The zero-order valence-corrected chi connectivity index (χ0v) is 16.0. The second-order valence-electron chi connectivity index (χ2n) is 6.79. The topological polar surface area (TPSA) is 140 Å². The Hall–Kier alpha value is -2.66. The van der Waals surface area contributed by atoms with Crippen molar-refractivity contribution in [2.45, 2.75) is 38.7 Å². The first-order valence-electron chi connectivity index (χ1n) is 8.88. The predicted octanol–water partition coefficient (Wildman–Crippen LogP) is -0.547. The summed E-state index contributed by atoms with van der Waals surface area (Å²) >= 11 is 0. The first kappa shape index (κ1) is 21.6. The van der Waals surface area contributed by atoms with E-state index in [0.717, 1.165) is 10.6 Å². The van der Waals surface area contributed by atoms with Gasteiger partial charge in [-0.3, -0.25) is 19.1 Å². The van der Waals surface area contributed by atoms with Crippen molar-refractivity contribution >= 4 is 12.1 Å². The average molecular weight is 399 g/mol. The minimum absolute atomic E-state index is 0.0540. The van der Waals surface area contributed by atoms with E-state index < -0.39 is 35.8 Å². The molecule has 1 aromatic rings. The third-order valence-electron chi connectivity index (χ3n) is 4.14. The van der Waals surface area contributed by atoms with Crippen LogP contribution in [0.3, 0.4) is 0 Å². The molecule has 11 nitrogen and oxygen atoms in total. The summed E-state index contributed by atoms with van der Waals surface area (Å²) in [5, 5.41) is 10.1. The highest BCUT2D eigenvalue weighted by molar-refractivity contribution is 5.71. The van der Waals surface area contributed by atoms with E-state index in [4.69, 9.17) is 14.2 Å². The highest BCUT2D eigenvalue weighted by atomic mass is 16.6. The number of hydrogen-bond donors (Lipinski definition) is 2. The van der Waals surface area contributed by atoms with Crippen molar-refractivity contribution in [1.82, 2.24) is 14.5 Å². The van der Waals surface area contributed by atoms with Gasteiger partial charge in [-0.05, 0) is 0 Å². The number of aromatic nitrogens is 2. The number of amides is 1. The summed E-state index contributed by atoms with van der Waals surface area (Å²) in [5.41, 5.74) is -1.26. The number of carbonyl (C=O) groups is 2. The van der Waals surface area contributed by atoms with E-state index in [0.29, 0.717) is 0 Å². The van der Waals surface area contributed by atoms with Gasteiger partial charge in [-0.25, -0.2) is 9.59 Å². The molecule has 1 saturated heterocycles. The van der Waals surface area contributed by atoms with Gasteiger partial charge in [-0.1, -0.05) is 13.8 Å². The Kier molecular flexibility index (Phi) is 7.35. The summed E-state index contributed by atoms with van der Waals surface area (Å²) < 4.78 is 16.8. The summed E-state index contributed by atoms with van der Waals surface area (Å²) in [6.07, 6.45) is -1.85. The van der Waals surface area contributed by atoms with Crippen LogP contribution in [0.4, 0.5) is 4.79 Å². The van der Waals surface area contributed by atoms with Gasteiger partial charge in [0.05, 0.1) is 18.6 Å². The Morgan fingerprint density at radius 3 is 2.75 bits per heavy atom. The van der Waals surface area contributed by atoms with E-state index in [1.165, 1.54) is 18.1 Å². The minimum atomic E-state index is -1.000. The van der Waals surface area contributed by atoms with Crippen molar-refractivity contribution in [2.75, 3.05) is 26.8 Å². The summed E-state index contributed by atoms with van der Waals surface area (Å²) in [5.74, 6) is -0.593. The quantitative estimate of drug-likeness (QED) is 0.582. The van der Waals surface area contributed by atoms with E-state index in [9.17, 15) is 24.3 Å². The van der Waals surface area contributed by atoms with Crippen molar-refractivity contribution in [3.05, 3.63) is 33.1 Å². The number of nitrogens with one attached hydrogen (secondary N) is 1. The Balaban J connectivity index is 1.80. The van der Waals surface area contributed by atoms with Crippen LogP contribution in [0, 0.1) is 5.92 Å². The van der Waals surface area contributed by atoms with Crippen molar-refractivity contribution in [3.8, 4) is 0 Å². The van der Waals surface area contributed by atoms with E-state index >= 15 is 0 Å². The fraction of sp³-hybridized carbons (Fsp3) is 0.647. The molecular weight excluding hydrogens is 374 g/mol. The molecule has 2 heterocycles. The zero-order chi connectivity index (χ0) is 20.8. The van der Waals surface area contributed by atoms with Gasteiger partial charge in [-0.2, -0.15) is 0 Å². The van der Waals surface area contributed by atoms with Crippen molar-refractivity contribution in [2.24, 2.45) is 5.92 Å². The number of aromatic amines is 1. The predicted molar refractivity (Wildman–Crippen MR) is 95.6 cm³/mol. The highest BCUT2D eigenvalue weighted by Gasteiger charge is 2.36. The Bertz CT molecular complexity index is 802. The molecule has 2 rings (SSSR count). The molecule has 1 fully saturated rings. The van der Waals surface area contributed by atoms with Crippen LogP contribution >= 0.6 is 0 Å². The molecule has 1 aromatic heterocycles. The minimum Gasteiger partial charge on any atom is -0.464 e. The molecule has 0 bridgehead atoms. The second-order valence-corrected chi connectivity index (χ2v) is 6.79. The molecule has 0 saturated carbocycles. The summed E-state index contributed by atoms with van der Waals surface area (Å²) in [4.78, 5) is 49.6. The SMILES string of the molecule is CC(C)C(=O)OCCN(C)C(=O)OCC1CC(O)C(n2ccc(=O)[nH]c2=O)O1. The molecule has 0 radical (unpaired) electrons. The highest BCUT2D eigenvalue weighted by Crippen LogP contribution is 2.27. The number of hydrogen-bond acceptors (Lipinski definition) is 8. The maximum absolute atomic E-state index is 12.0. The maximum atomic E-state index is 12.0. The Morgan fingerprint density at radius 1 is 1.39 bits per heavy atom. The van der Waals surface area contributed by atoms with Gasteiger partial charge < -0.3 is 24.2 Å². The molecule has 3 atom stereocenters. The van der Waals surface area contributed by atoms with Crippen LogP contribution in [-0.2, 0) is 19.0 Å². The van der Waals surface area contributed by atoms with Gasteiger partial charge in [0.2, 0.25) is 0 Å². The number of H-pyrrole nitrogens is 1. The smallest absolute Gasteiger partial charge is 0.409 e. The number of nitrogens with zero attached hydrogens (tertiary/aromatic N) is 2. The fourth-order valence-electron chi connectivity index (χ4n) is 2.53. The van der Waals surface area contributed by atoms with Crippen LogP contribution in [0.1, 0.15) is 26.5 Å². The fourth-order valence-corrected chi connectivity index (χ4v) is 2.53. The molecule has 11 heteroatoms. The first-order chi connectivity index (χ1) is 13.2. The van der Waals surface area contributed by atoms with Crippen molar-refractivity contribution < 1.29 is 28.9 Å². The molecule has 1 amide bonds. The molecule has 0 aliphatic carbocycles. The maximum Gasteiger partial charge on any atom is 0.409 e. The lowest BCUT2D eigenvalue weighted by Gasteiger charge is -2.19. The van der Waals surface area contributed by atoms with Gasteiger partial charge in [0, 0.05) is 25.7 Å². The zero-order valence-electron chi connectivity index (χ0n) is 16.0. The third-order valence-corrected chi connectivity index (χ3v) is 4.14. The standard InChI is InChI=1S/C17H25N3O8/c1-10(2)15(23)26-7-6-19(3)17(25)27-9-11-8-12(21)14(28-11)20-5-4-13(22)18-16(20)24/h4-5,10-12,14,21H,6-9H2,1-3H3,(H,18,22,24). The number of aliphatic hydroxyl groups excluding tert-OH is 1. The van der Waals surface area contributed by atoms with Gasteiger partial charge in [0.15, 0.2) is 6.23 Å². The Morgan fingerprint density at radius 2 is 2.11 bits per heavy atom. The van der Waals surface area contributed by atoms with Crippen LogP contribution in [-0.4, -0.2) is 70.6 Å². The molecule has 0 aromatic carbocycles. The normalized spacial score (nSPS) is 21.5. The van der Waals surface area contributed by atoms with Crippen LogP contribution in [0.5, 0.6) is 0 Å². The monoisotopic (exact) mass is 399 g/mol. The van der Waals surface area contributed by atoms with E-state index in [2.05, 4.69) is 4.98 Å². The van der Waals surface area contributed by atoms with E-state index in [1.807, 2.05) is 0 Å². The lowest BCUT2D eigenvalue weighted by Crippen LogP contribution is -2.35. The molecule has 3 unspecified atom stereocenters.